The Morgan fingerprint density at radius 1 is 0.974 bits per heavy atom. The van der Waals surface area contributed by atoms with Crippen LogP contribution in [-0.4, -0.2) is 57.1 Å². The highest BCUT2D eigenvalue weighted by Gasteiger charge is 2.44. The Bertz CT molecular complexity index is 1370. The molecule has 0 radical (unpaired) electrons. The first-order valence-electron chi connectivity index (χ1n) is 12.8. The van der Waals surface area contributed by atoms with Gasteiger partial charge in [-0.2, -0.15) is 0 Å². The lowest BCUT2D eigenvalue weighted by atomic mass is 9.90. The average molecular weight is 584 g/mol. The number of ether oxygens (including phenoxy) is 2. The fraction of sp³-hybridized carbons (Fsp3) is 0.300. The molecule has 6 nitrogen and oxygen atoms in total. The molecule has 39 heavy (non-hydrogen) atoms. The van der Waals surface area contributed by atoms with Crippen LogP contribution in [0, 0.1) is 0 Å². The summed E-state index contributed by atoms with van der Waals surface area (Å²) >= 11 is 9.50. The minimum atomic E-state index is -1.35. The Morgan fingerprint density at radius 2 is 1.74 bits per heavy atom. The van der Waals surface area contributed by atoms with Crippen LogP contribution in [0.15, 0.2) is 82.5 Å². The number of hydrogen-bond donors (Lipinski definition) is 3. The fourth-order valence-corrected chi connectivity index (χ4v) is 6.68. The van der Waals surface area contributed by atoms with Gasteiger partial charge >= 0.3 is 0 Å². The van der Waals surface area contributed by atoms with Gasteiger partial charge in [0.15, 0.2) is 4.34 Å². The molecule has 0 saturated carbocycles. The Kier molecular flexibility index (Phi) is 9.25. The van der Waals surface area contributed by atoms with Crippen molar-refractivity contribution in [1.82, 2.24) is 4.98 Å². The van der Waals surface area contributed by atoms with Gasteiger partial charge in [0.05, 0.1) is 18.4 Å². The number of thiazole rings is 1. The molecule has 0 aliphatic carbocycles. The first-order valence-corrected chi connectivity index (χ1v) is 15.0. The van der Waals surface area contributed by atoms with Crippen molar-refractivity contribution in [3.8, 4) is 17.0 Å². The van der Waals surface area contributed by atoms with Crippen LogP contribution in [0.2, 0.25) is 5.02 Å². The maximum Gasteiger partial charge on any atom is 0.150 e. The summed E-state index contributed by atoms with van der Waals surface area (Å²) in [5.41, 5.74) is 4.55. The molecule has 3 aromatic carbocycles. The Labute approximate surface area is 241 Å². The van der Waals surface area contributed by atoms with E-state index in [1.54, 1.807) is 12.1 Å². The number of benzene rings is 3. The number of aliphatic hydroxyl groups excluding tert-OH is 3. The van der Waals surface area contributed by atoms with Crippen LogP contribution in [0.3, 0.4) is 0 Å². The van der Waals surface area contributed by atoms with E-state index in [-0.39, 0.29) is 0 Å². The molecule has 0 amide bonds. The van der Waals surface area contributed by atoms with Gasteiger partial charge < -0.3 is 24.8 Å². The molecule has 5 atom stereocenters. The standard InChI is InChI=1S/C30H30ClNO5S2/c1-2-36-22-11-8-18(9-12-22)14-21-15-20(10-13-23(21)31)29-28(35)27(34)26(33)25(37-29)17-39-30-32-24(16-38-30)19-6-4-3-5-7-19/h3-13,15-16,25-29,33-35H,2,14,17H2,1H3. The predicted octanol–water partition coefficient (Wildman–Crippen LogP) is 5.77. The van der Waals surface area contributed by atoms with E-state index in [0.29, 0.717) is 29.4 Å². The zero-order valence-corrected chi connectivity index (χ0v) is 23.7. The fourth-order valence-electron chi connectivity index (χ4n) is 4.58. The molecule has 2 heterocycles. The van der Waals surface area contributed by atoms with Gasteiger partial charge in [0, 0.05) is 21.7 Å². The zero-order chi connectivity index (χ0) is 27.4. The molecule has 1 fully saturated rings. The van der Waals surface area contributed by atoms with Crippen LogP contribution < -0.4 is 4.74 Å². The van der Waals surface area contributed by atoms with E-state index in [1.165, 1.54) is 23.1 Å². The van der Waals surface area contributed by atoms with Crippen molar-refractivity contribution in [2.75, 3.05) is 12.4 Å². The minimum absolute atomic E-state index is 0.371. The summed E-state index contributed by atoms with van der Waals surface area (Å²) in [5.74, 6) is 1.18. The SMILES string of the molecule is CCOc1ccc(Cc2cc(C3OC(CSc4nc(-c5ccccc5)cs4)C(O)C(O)C3O)ccc2Cl)cc1. The molecular formula is C30H30ClNO5S2. The summed E-state index contributed by atoms with van der Waals surface area (Å²) in [5, 5.41) is 34.8. The van der Waals surface area contributed by atoms with Crippen molar-refractivity contribution in [2.24, 2.45) is 0 Å². The quantitative estimate of drug-likeness (QED) is 0.216. The molecule has 1 aliphatic heterocycles. The Morgan fingerprint density at radius 3 is 2.49 bits per heavy atom. The van der Waals surface area contributed by atoms with Crippen LogP contribution in [-0.2, 0) is 11.2 Å². The van der Waals surface area contributed by atoms with Gasteiger partial charge in [-0.3, -0.25) is 0 Å². The molecule has 1 aliphatic rings. The van der Waals surface area contributed by atoms with Gasteiger partial charge in [0.25, 0.3) is 0 Å². The maximum absolute atomic E-state index is 10.8. The van der Waals surface area contributed by atoms with Gasteiger partial charge in [0.1, 0.15) is 30.2 Å². The number of thioether (sulfide) groups is 1. The van der Waals surface area contributed by atoms with Crippen molar-refractivity contribution in [2.45, 2.75) is 48.2 Å². The van der Waals surface area contributed by atoms with Crippen LogP contribution >= 0.6 is 34.7 Å². The lowest BCUT2D eigenvalue weighted by Gasteiger charge is -2.41. The number of halogens is 1. The predicted molar refractivity (Wildman–Crippen MR) is 156 cm³/mol. The molecule has 5 rings (SSSR count). The molecule has 5 unspecified atom stereocenters. The number of aliphatic hydroxyl groups is 3. The highest BCUT2D eigenvalue weighted by Crippen LogP contribution is 2.37. The van der Waals surface area contributed by atoms with Gasteiger partial charge in [-0.05, 0) is 48.2 Å². The van der Waals surface area contributed by atoms with E-state index in [1.807, 2.05) is 73.0 Å². The van der Waals surface area contributed by atoms with Crippen molar-refractivity contribution < 1.29 is 24.8 Å². The molecule has 1 saturated heterocycles. The second kappa shape index (κ2) is 12.8. The monoisotopic (exact) mass is 583 g/mol. The van der Waals surface area contributed by atoms with Crippen molar-refractivity contribution in [3.05, 3.63) is 99.9 Å². The van der Waals surface area contributed by atoms with Crippen molar-refractivity contribution in [1.29, 1.82) is 0 Å². The zero-order valence-electron chi connectivity index (χ0n) is 21.3. The summed E-state index contributed by atoms with van der Waals surface area (Å²) in [6.45, 7) is 2.55. The number of rotatable bonds is 9. The highest BCUT2D eigenvalue weighted by molar-refractivity contribution is 8.01. The van der Waals surface area contributed by atoms with Crippen molar-refractivity contribution >= 4 is 34.7 Å². The summed E-state index contributed by atoms with van der Waals surface area (Å²) in [6.07, 6.45) is -4.80. The summed E-state index contributed by atoms with van der Waals surface area (Å²) < 4.78 is 12.6. The average Bonchev–Trinajstić information content (AvgIpc) is 3.44. The summed E-state index contributed by atoms with van der Waals surface area (Å²) in [4.78, 5) is 4.69. The molecule has 204 valence electrons. The summed E-state index contributed by atoms with van der Waals surface area (Å²) in [7, 11) is 0. The highest BCUT2D eigenvalue weighted by atomic mass is 35.5. The summed E-state index contributed by atoms with van der Waals surface area (Å²) in [6, 6.07) is 23.2. The van der Waals surface area contributed by atoms with E-state index in [0.717, 1.165) is 32.5 Å². The van der Waals surface area contributed by atoms with Crippen LogP contribution in [0.4, 0.5) is 0 Å². The minimum Gasteiger partial charge on any atom is -0.494 e. The van der Waals surface area contributed by atoms with E-state index < -0.39 is 30.5 Å². The lowest BCUT2D eigenvalue weighted by Crippen LogP contribution is -2.54. The van der Waals surface area contributed by atoms with E-state index in [2.05, 4.69) is 4.98 Å². The van der Waals surface area contributed by atoms with Gasteiger partial charge in [0.2, 0.25) is 0 Å². The van der Waals surface area contributed by atoms with Gasteiger partial charge in [-0.15, -0.1) is 11.3 Å². The second-order valence-corrected chi connectivity index (χ2v) is 11.9. The molecular weight excluding hydrogens is 554 g/mol. The van der Waals surface area contributed by atoms with Gasteiger partial charge in [-0.1, -0.05) is 78.0 Å². The lowest BCUT2D eigenvalue weighted by molar-refractivity contribution is -0.218. The first kappa shape index (κ1) is 28.1. The topological polar surface area (TPSA) is 92.0 Å². The third-order valence-corrected chi connectivity index (χ3v) is 9.14. The Hall–Kier alpha value is -2.43. The molecule has 0 bridgehead atoms. The van der Waals surface area contributed by atoms with Crippen LogP contribution in [0.25, 0.3) is 11.3 Å². The normalized spacial score (nSPS) is 23.1. The van der Waals surface area contributed by atoms with E-state index in [4.69, 9.17) is 21.1 Å². The number of nitrogens with zero attached hydrogens (tertiary/aromatic N) is 1. The molecule has 4 aromatic rings. The number of aromatic nitrogens is 1. The smallest absolute Gasteiger partial charge is 0.150 e. The third-order valence-electron chi connectivity index (χ3n) is 6.66. The van der Waals surface area contributed by atoms with E-state index in [9.17, 15) is 15.3 Å². The molecule has 0 spiro atoms. The van der Waals surface area contributed by atoms with Crippen LogP contribution in [0.1, 0.15) is 29.7 Å². The molecule has 3 N–H and O–H groups in total. The second-order valence-electron chi connectivity index (χ2n) is 9.35. The Balaban J connectivity index is 1.29. The van der Waals surface area contributed by atoms with Crippen LogP contribution in [0.5, 0.6) is 5.75 Å². The molecule has 9 heteroatoms. The van der Waals surface area contributed by atoms with Gasteiger partial charge in [-0.25, -0.2) is 4.98 Å². The van der Waals surface area contributed by atoms with E-state index >= 15 is 0 Å². The molecule has 1 aromatic heterocycles. The largest absolute Gasteiger partial charge is 0.494 e. The number of hydrogen-bond acceptors (Lipinski definition) is 8. The van der Waals surface area contributed by atoms with Crippen molar-refractivity contribution in [3.63, 3.8) is 0 Å². The maximum atomic E-state index is 10.8. The first-order chi connectivity index (χ1) is 18.9. The third kappa shape index (κ3) is 6.66.